The highest BCUT2D eigenvalue weighted by Crippen LogP contribution is 2.29. The van der Waals surface area contributed by atoms with Crippen LogP contribution in [0, 0.1) is 9.39 Å². The Morgan fingerprint density at radius 2 is 1.95 bits per heavy atom. The molecule has 0 aliphatic carbocycles. The first kappa shape index (κ1) is 14.7. The number of ether oxygens (including phenoxy) is 1. The molecule has 0 amide bonds. The second-order valence-electron chi connectivity index (χ2n) is 4.03. The fourth-order valence-electron chi connectivity index (χ4n) is 1.81. The molecule has 0 bridgehead atoms. The van der Waals surface area contributed by atoms with Gasteiger partial charge in [-0.2, -0.15) is 0 Å². The molecule has 0 aromatic heterocycles. The largest absolute Gasteiger partial charge is 0.497 e. The van der Waals surface area contributed by atoms with E-state index in [1.165, 1.54) is 13.2 Å². The van der Waals surface area contributed by atoms with Crippen molar-refractivity contribution in [3.8, 4) is 5.75 Å². The van der Waals surface area contributed by atoms with Crippen molar-refractivity contribution in [2.24, 2.45) is 5.73 Å². The van der Waals surface area contributed by atoms with Gasteiger partial charge in [-0.05, 0) is 52.4 Å². The normalized spacial score (nSPS) is 12.3. The van der Waals surface area contributed by atoms with Crippen LogP contribution in [0.25, 0.3) is 0 Å². The van der Waals surface area contributed by atoms with Crippen molar-refractivity contribution < 1.29 is 9.13 Å². The van der Waals surface area contributed by atoms with Crippen molar-refractivity contribution in [3.05, 3.63) is 61.4 Å². The number of halogens is 3. The van der Waals surface area contributed by atoms with Gasteiger partial charge in [0.1, 0.15) is 11.6 Å². The summed E-state index contributed by atoms with van der Waals surface area (Å²) in [7, 11) is 1.51. The van der Waals surface area contributed by atoms with Crippen molar-refractivity contribution >= 4 is 38.5 Å². The predicted octanol–water partition coefficient (Wildman–Crippen LogP) is 4.25. The smallest absolute Gasteiger partial charge is 0.132 e. The predicted molar refractivity (Wildman–Crippen MR) is 85.8 cm³/mol. The van der Waals surface area contributed by atoms with Gasteiger partial charge in [-0.15, -0.1) is 0 Å². The van der Waals surface area contributed by atoms with Gasteiger partial charge in [0.25, 0.3) is 0 Å². The second kappa shape index (κ2) is 6.19. The molecular weight excluding hydrogens is 424 g/mol. The Morgan fingerprint density at radius 3 is 2.58 bits per heavy atom. The minimum absolute atomic E-state index is 0.359. The Morgan fingerprint density at radius 1 is 1.21 bits per heavy atom. The maximum Gasteiger partial charge on any atom is 0.132 e. The highest BCUT2D eigenvalue weighted by atomic mass is 127. The van der Waals surface area contributed by atoms with Gasteiger partial charge in [0, 0.05) is 19.7 Å². The number of nitrogens with two attached hydrogens (primary N) is 1. The molecule has 5 heteroatoms. The summed E-state index contributed by atoms with van der Waals surface area (Å²) in [5.41, 5.74) is 7.52. The minimum Gasteiger partial charge on any atom is -0.497 e. The van der Waals surface area contributed by atoms with Crippen LogP contribution in [0.2, 0.25) is 0 Å². The third-order valence-electron chi connectivity index (χ3n) is 2.84. The lowest BCUT2D eigenvalue weighted by Crippen LogP contribution is -2.15. The molecule has 2 aromatic carbocycles. The first-order valence-electron chi connectivity index (χ1n) is 5.57. The molecule has 0 saturated heterocycles. The van der Waals surface area contributed by atoms with E-state index in [2.05, 4.69) is 38.5 Å². The van der Waals surface area contributed by atoms with Crippen LogP contribution in [-0.4, -0.2) is 7.11 Å². The third kappa shape index (κ3) is 3.27. The van der Waals surface area contributed by atoms with Crippen LogP contribution in [0.5, 0.6) is 5.75 Å². The Hall–Kier alpha value is -0.660. The van der Waals surface area contributed by atoms with Gasteiger partial charge in [0.15, 0.2) is 0 Å². The number of benzene rings is 2. The molecule has 0 aliphatic heterocycles. The van der Waals surface area contributed by atoms with E-state index < -0.39 is 6.04 Å². The van der Waals surface area contributed by atoms with E-state index in [0.29, 0.717) is 11.3 Å². The summed E-state index contributed by atoms with van der Waals surface area (Å²) in [5, 5.41) is 0. The van der Waals surface area contributed by atoms with Crippen LogP contribution in [0.4, 0.5) is 4.39 Å². The zero-order valence-electron chi connectivity index (χ0n) is 10.2. The molecule has 0 spiro atoms. The van der Waals surface area contributed by atoms with Gasteiger partial charge in [0.2, 0.25) is 0 Å². The fourth-order valence-corrected chi connectivity index (χ4v) is 2.86. The molecule has 0 fully saturated rings. The van der Waals surface area contributed by atoms with Crippen LogP contribution in [0.15, 0.2) is 40.9 Å². The van der Waals surface area contributed by atoms with Crippen LogP contribution >= 0.6 is 38.5 Å². The first-order valence-corrected chi connectivity index (χ1v) is 7.44. The summed E-state index contributed by atoms with van der Waals surface area (Å²) in [5.74, 6) is 0.125. The lowest BCUT2D eigenvalue weighted by molar-refractivity contribution is 0.410. The van der Waals surface area contributed by atoms with Gasteiger partial charge in [-0.1, -0.05) is 22.0 Å². The molecule has 2 aromatic rings. The zero-order chi connectivity index (χ0) is 14.0. The van der Waals surface area contributed by atoms with Gasteiger partial charge in [-0.3, -0.25) is 0 Å². The van der Waals surface area contributed by atoms with E-state index in [0.717, 1.165) is 13.6 Å². The molecule has 1 unspecified atom stereocenters. The summed E-state index contributed by atoms with van der Waals surface area (Å²) in [6.45, 7) is 0. The molecule has 1 atom stereocenters. The molecule has 0 saturated carbocycles. The average Bonchev–Trinajstić information content (AvgIpc) is 2.40. The van der Waals surface area contributed by atoms with Crippen molar-refractivity contribution in [1.82, 2.24) is 0 Å². The minimum atomic E-state index is -0.504. The third-order valence-corrected chi connectivity index (χ3v) is 4.31. The van der Waals surface area contributed by atoms with Gasteiger partial charge < -0.3 is 10.5 Å². The second-order valence-corrected chi connectivity index (χ2v) is 6.11. The van der Waals surface area contributed by atoms with E-state index in [-0.39, 0.29) is 5.82 Å². The Kier molecular flexibility index (Phi) is 4.81. The molecular formula is C14H12BrFINO. The molecule has 0 radical (unpaired) electrons. The molecule has 0 heterocycles. The quantitative estimate of drug-likeness (QED) is 0.731. The fraction of sp³-hybridized carbons (Fsp3) is 0.143. The van der Waals surface area contributed by atoms with Crippen LogP contribution < -0.4 is 10.5 Å². The summed E-state index contributed by atoms with van der Waals surface area (Å²) >= 11 is 5.60. The van der Waals surface area contributed by atoms with Crippen molar-refractivity contribution in [2.75, 3.05) is 7.11 Å². The van der Waals surface area contributed by atoms with Crippen molar-refractivity contribution in [1.29, 1.82) is 0 Å². The lowest BCUT2D eigenvalue weighted by atomic mass is 9.99. The number of hydrogen-bond acceptors (Lipinski definition) is 2. The Bertz CT molecular complexity index is 606. The SMILES string of the molecule is COc1ccc(C(N)c2cc(Br)ccc2I)c(F)c1. The van der Waals surface area contributed by atoms with E-state index in [4.69, 9.17) is 10.5 Å². The molecule has 100 valence electrons. The van der Waals surface area contributed by atoms with Crippen molar-refractivity contribution in [2.45, 2.75) is 6.04 Å². The first-order chi connectivity index (χ1) is 9.02. The van der Waals surface area contributed by atoms with E-state index in [1.807, 2.05) is 18.2 Å². The lowest BCUT2D eigenvalue weighted by Gasteiger charge is -2.16. The monoisotopic (exact) mass is 435 g/mol. The zero-order valence-corrected chi connectivity index (χ0v) is 13.9. The summed E-state index contributed by atoms with van der Waals surface area (Å²) in [4.78, 5) is 0. The summed E-state index contributed by atoms with van der Waals surface area (Å²) in [6, 6.07) is 10.0. The Balaban J connectivity index is 2.43. The van der Waals surface area contributed by atoms with Gasteiger partial charge in [0.05, 0.1) is 13.2 Å². The van der Waals surface area contributed by atoms with Crippen LogP contribution in [0.1, 0.15) is 17.2 Å². The molecule has 19 heavy (non-hydrogen) atoms. The maximum atomic E-state index is 14.0. The number of methoxy groups -OCH3 is 1. The van der Waals surface area contributed by atoms with Gasteiger partial charge >= 0.3 is 0 Å². The summed E-state index contributed by atoms with van der Waals surface area (Å²) in [6.07, 6.45) is 0. The number of rotatable bonds is 3. The van der Waals surface area contributed by atoms with Crippen LogP contribution in [0.3, 0.4) is 0 Å². The summed E-state index contributed by atoms with van der Waals surface area (Å²) < 4.78 is 20.9. The standard InChI is InChI=1S/C14H12BrFINO/c1-19-9-3-4-10(12(16)7-9)14(18)11-6-8(15)2-5-13(11)17/h2-7,14H,18H2,1H3. The van der Waals surface area contributed by atoms with E-state index in [9.17, 15) is 4.39 Å². The average molecular weight is 436 g/mol. The van der Waals surface area contributed by atoms with E-state index in [1.54, 1.807) is 12.1 Å². The topological polar surface area (TPSA) is 35.2 Å². The van der Waals surface area contributed by atoms with E-state index >= 15 is 0 Å². The highest BCUT2D eigenvalue weighted by molar-refractivity contribution is 14.1. The highest BCUT2D eigenvalue weighted by Gasteiger charge is 2.17. The molecule has 0 aliphatic rings. The van der Waals surface area contributed by atoms with Crippen LogP contribution in [-0.2, 0) is 0 Å². The molecule has 2 rings (SSSR count). The maximum absolute atomic E-state index is 14.0. The molecule has 2 nitrogen and oxygen atoms in total. The Labute approximate surface area is 133 Å². The van der Waals surface area contributed by atoms with Crippen molar-refractivity contribution in [3.63, 3.8) is 0 Å². The number of hydrogen-bond donors (Lipinski definition) is 1. The molecule has 2 N–H and O–H groups in total. The van der Waals surface area contributed by atoms with Gasteiger partial charge in [-0.25, -0.2) is 4.39 Å².